The molecular weight excluding hydrogens is 477 g/mol. The number of aromatic nitrogens is 2. The highest BCUT2D eigenvalue weighted by Gasteiger charge is 2.03. The molecule has 0 saturated heterocycles. The summed E-state index contributed by atoms with van der Waals surface area (Å²) in [6.07, 6.45) is 5.80. The summed E-state index contributed by atoms with van der Waals surface area (Å²) in [5, 5.41) is 6.71. The Bertz CT molecular complexity index is 905. The lowest BCUT2D eigenvalue weighted by Crippen LogP contribution is -2.38. The highest BCUT2D eigenvalue weighted by atomic mass is 127. The van der Waals surface area contributed by atoms with Gasteiger partial charge < -0.3 is 19.8 Å². The van der Waals surface area contributed by atoms with Crippen molar-refractivity contribution in [2.75, 3.05) is 26.7 Å². The van der Waals surface area contributed by atoms with E-state index in [1.165, 1.54) is 5.56 Å². The van der Waals surface area contributed by atoms with Crippen LogP contribution in [0, 0.1) is 6.92 Å². The Kier molecular flexibility index (Phi) is 9.24. The maximum absolute atomic E-state index is 5.40. The molecule has 0 spiro atoms. The molecule has 156 valence electrons. The van der Waals surface area contributed by atoms with E-state index in [0.717, 1.165) is 54.5 Å². The maximum Gasteiger partial charge on any atom is 0.191 e. The Morgan fingerprint density at radius 1 is 1.17 bits per heavy atom. The minimum absolute atomic E-state index is 0. The molecule has 0 bridgehead atoms. The first-order valence-corrected chi connectivity index (χ1v) is 9.78. The number of rotatable bonds is 8. The van der Waals surface area contributed by atoms with Crippen LogP contribution in [0.5, 0.6) is 5.75 Å². The summed E-state index contributed by atoms with van der Waals surface area (Å²) in [5.74, 6) is 1.77. The van der Waals surface area contributed by atoms with E-state index in [2.05, 4.69) is 58.9 Å². The molecule has 0 saturated carbocycles. The number of aliphatic imine (C=N–C) groups is 1. The van der Waals surface area contributed by atoms with Crippen LogP contribution >= 0.6 is 24.0 Å². The normalized spacial score (nSPS) is 11.2. The number of nitrogens with one attached hydrogen (secondary N) is 2. The Morgan fingerprint density at radius 3 is 2.79 bits per heavy atom. The van der Waals surface area contributed by atoms with Crippen LogP contribution in [0.3, 0.4) is 0 Å². The van der Waals surface area contributed by atoms with Crippen LogP contribution in [-0.2, 0) is 12.8 Å². The first-order chi connectivity index (χ1) is 13.7. The van der Waals surface area contributed by atoms with Crippen LogP contribution in [0.2, 0.25) is 0 Å². The second-order valence-electron chi connectivity index (χ2n) is 6.69. The van der Waals surface area contributed by atoms with E-state index < -0.39 is 0 Å². The van der Waals surface area contributed by atoms with Gasteiger partial charge in [0.15, 0.2) is 5.96 Å². The van der Waals surface area contributed by atoms with Crippen molar-refractivity contribution >= 4 is 35.6 Å². The van der Waals surface area contributed by atoms with Crippen LogP contribution in [0.4, 0.5) is 0 Å². The summed E-state index contributed by atoms with van der Waals surface area (Å²) in [4.78, 5) is 9.30. The van der Waals surface area contributed by atoms with Crippen molar-refractivity contribution in [3.63, 3.8) is 0 Å². The molecule has 2 aromatic heterocycles. The Hall–Kier alpha value is -2.29. The van der Waals surface area contributed by atoms with Gasteiger partial charge >= 0.3 is 0 Å². The van der Waals surface area contributed by atoms with E-state index in [0.29, 0.717) is 6.54 Å². The third kappa shape index (κ3) is 6.62. The van der Waals surface area contributed by atoms with Gasteiger partial charge in [0.1, 0.15) is 11.4 Å². The first-order valence-electron chi connectivity index (χ1n) is 9.78. The summed E-state index contributed by atoms with van der Waals surface area (Å²) in [6, 6.07) is 12.4. The van der Waals surface area contributed by atoms with E-state index >= 15 is 0 Å². The Balaban J connectivity index is 0.00000300. The predicted molar refractivity (Wildman–Crippen MR) is 130 cm³/mol. The molecule has 0 amide bonds. The van der Waals surface area contributed by atoms with Gasteiger partial charge in [-0.15, -0.1) is 24.0 Å². The van der Waals surface area contributed by atoms with Gasteiger partial charge in [0.25, 0.3) is 0 Å². The molecule has 6 nitrogen and oxygen atoms in total. The Morgan fingerprint density at radius 2 is 2.03 bits per heavy atom. The molecule has 3 rings (SSSR count). The van der Waals surface area contributed by atoms with Crippen molar-refractivity contribution in [1.82, 2.24) is 20.0 Å². The van der Waals surface area contributed by atoms with Gasteiger partial charge in [0.05, 0.1) is 12.8 Å². The van der Waals surface area contributed by atoms with Crippen LogP contribution in [0.1, 0.15) is 23.7 Å². The van der Waals surface area contributed by atoms with Gasteiger partial charge in [-0.3, -0.25) is 4.99 Å². The number of fused-ring (bicyclic) bond motifs is 1. The van der Waals surface area contributed by atoms with E-state index in [1.54, 1.807) is 7.11 Å². The molecule has 2 heterocycles. The minimum atomic E-state index is 0. The zero-order chi connectivity index (χ0) is 19.8. The number of guanidine groups is 1. The average Bonchev–Trinajstić information content (AvgIpc) is 3.12. The number of hydrogen-bond acceptors (Lipinski definition) is 3. The first kappa shape index (κ1) is 23.0. The van der Waals surface area contributed by atoms with Gasteiger partial charge in [0.2, 0.25) is 0 Å². The van der Waals surface area contributed by atoms with Crippen molar-refractivity contribution < 1.29 is 4.74 Å². The van der Waals surface area contributed by atoms with Crippen molar-refractivity contribution in [2.24, 2.45) is 4.99 Å². The molecule has 0 unspecified atom stereocenters. The average molecular weight is 507 g/mol. The molecule has 0 aliphatic carbocycles. The molecule has 29 heavy (non-hydrogen) atoms. The van der Waals surface area contributed by atoms with E-state index in [1.807, 2.05) is 28.8 Å². The lowest BCUT2D eigenvalue weighted by Gasteiger charge is -2.12. The van der Waals surface area contributed by atoms with Crippen LogP contribution < -0.4 is 15.4 Å². The molecule has 2 N–H and O–H groups in total. The van der Waals surface area contributed by atoms with Gasteiger partial charge in [-0.2, -0.15) is 0 Å². The molecule has 0 atom stereocenters. The number of aryl methyl sites for hydroxylation is 1. The summed E-state index contributed by atoms with van der Waals surface area (Å²) < 4.78 is 7.44. The number of hydrogen-bond donors (Lipinski definition) is 2. The topological polar surface area (TPSA) is 63.0 Å². The molecular formula is C22H30IN5O. The van der Waals surface area contributed by atoms with Crippen molar-refractivity contribution in [2.45, 2.75) is 26.7 Å². The number of imidazole rings is 1. The van der Waals surface area contributed by atoms with Crippen molar-refractivity contribution in [1.29, 1.82) is 0 Å². The Labute approximate surface area is 189 Å². The standard InChI is InChI=1S/C22H29N5O.HI/c1-4-23-22(24-12-10-18-9-8-17(2)20(15-18)28-3)25-13-11-19-16-27-14-6-5-7-21(27)26-19;/h5-9,14-16H,4,10-13H2,1-3H3,(H2,23,24,25);1H. The molecule has 0 aliphatic heterocycles. The van der Waals surface area contributed by atoms with Crippen LogP contribution in [0.15, 0.2) is 53.8 Å². The van der Waals surface area contributed by atoms with Crippen molar-refractivity contribution in [3.05, 3.63) is 65.6 Å². The number of methoxy groups -OCH3 is 1. The third-order valence-corrected chi connectivity index (χ3v) is 4.57. The second-order valence-corrected chi connectivity index (χ2v) is 6.69. The summed E-state index contributed by atoms with van der Waals surface area (Å²) in [6.45, 7) is 6.46. The van der Waals surface area contributed by atoms with Crippen molar-refractivity contribution in [3.8, 4) is 5.75 Å². The van der Waals surface area contributed by atoms with Crippen LogP contribution in [0.25, 0.3) is 5.65 Å². The van der Waals surface area contributed by atoms with E-state index in [4.69, 9.17) is 4.74 Å². The van der Waals surface area contributed by atoms with E-state index in [9.17, 15) is 0 Å². The number of benzene rings is 1. The fraction of sp³-hybridized carbons (Fsp3) is 0.364. The number of ether oxygens (including phenoxy) is 1. The molecule has 1 aromatic carbocycles. The smallest absolute Gasteiger partial charge is 0.191 e. The minimum Gasteiger partial charge on any atom is -0.496 e. The number of pyridine rings is 1. The second kappa shape index (κ2) is 11.6. The van der Waals surface area contributed by atoms with Gasteiger partial charge in [0, 0.05) is 38.4 Å². The largest absolute Gasteiger partial charge is 0.496 e. The maximum atomic E-state index is 5.40. The molecule has 3 aromatic rings. The van der Waals surface area contributed by atoms with E-state index in [-0.39, 0.29) is 24.0 Å². The predicted octanol–water partition coefficient (Wildman–Crippen LogP) is 3.61. The monoisotopic (exact) mass is 507 g/mol. The highest BCUT2D eigenvalue weighted by Crippen LogP contribution is 2.19. The van der Waals surface area contributed by atoms with Gasteiger partial charge in [-0.1, -0.05) is 18.2 Å². The zero-order valence-electron chi connectivity index (χ0n) is 17.3. The molecule has 0 aliphatic rings. The fourth-order valence-corrected chi connectivity index (χ4v) is 3.08. The van der Waals surface area contributed by atoms with Crippen LogP contribution in [-0.4, -0.2) is 42.1 Å². The fourth-order valence-electron chi connectivity index (χ4n) is 3.08. The quantitative estimate of drug-likeness (QED) is 0.278. The summed E-state index contributed by atoms with van der Waals surface area (Å²) in [7, 11) is 1.71. The molecule has 0 fully saturated rings. The number of halogens is 1. The molecule has 7 heteroatoms. The lowest BCUT2D eigenvalue weighted by molar-refractivity contribution is 0.411. The third-order valence-electron chi connectivity index (χ3n) is 4.57. The molecule has 0 radical (unpaired) electrons. The highest BCUT2D eigenvalue weighted by molar-refractivity contribution is 14.0. The lowest BCUT2D eigenvalue weighted by atomic mass is 10.1. The van der Waals surface area contributed by atoms with Gasteiger partial charge in [-0.05, 0) is 49.6 Å². The zero-order valence-corrected chi connectivity index (χ0v) is 19.6. The van der Waals surface area contributed by atoms with Gasteiger partial charge in [-0.25, -0.2) is 4.98 Å². The summed E-state index contributed by atoms with van der Waals surface area (Å²) >= 11 is 0. The summed E-state index contributed by atoms with van der Waals surface area (Å²) in [5.41, 5.74) is 4.43. The number of nitrogens with zero attached hydrogens (tertiary/aromatic N) is 3. The SMILES string of the molecule is CCNC(=NCCc1cn2ccccc2n1)NCCc1ccc(C)c(OC)c1.I.